The summed E-state index contributed by atoms with van der Waals surface area (Å²) < 4.78 is 16.0. The Balaban J connectivity index is 2.18. The minimum Gasteiger partial charge on any atom is -0.466 e. The molecule has 0 spiro atoms. The van der Waals surface area contributed by atoms with E-state index in [1.807, 2.05) is 0 Å². The summed E-state index contributed by atoms with van der Waals surface area (Å²) in [5.74, 6) is 0.554. The molecule has 1 aliphatic rings. The standard InChI is InChI=1S/C11H16O4/c1-13-11(4-7-14-8-5-11)10(12)9-3-2-6-15-9/h2-3,6,10,12H,4-5,7-8H2,1H3. The van der Waals surface area contributed by atoms with Crippen molar-refractivity contribution < 1.29 is 19.0 Å². The first kappa shape index (κ1) is 10.7. The Morgan fingerprint density at radius 2 is 2.20 bits per heavy atom. The Morgan fingerprint density at radius 1 is 1.47 bits per heavy atom. The number of hydrogen-bond donors (Lipinski definition) is 1. The van der Waals surface area contributed by atoms with Crippen LogP contribution in [0.2, 0.25) is 0 Å². The summed E-state index contributed by atoms with van der Waals surface area (Å²) in [6.45, 7) is 1.23. The van der Waals surface area contributed by atoms with Gasteiger partial charge in [0.2, 0.25) is 0 Å². The summed E-state index contributed by atoms with van der Waals surface area (Å²) in [6, 6.07) is 3.53. The Bertz CT molecular complexity index is 288. The maximum Gasteiger partial charge on any atom is 0.141 e. The monoisotopic (exact) mass is 212 g/mol. The van der Waals surface area contributed by atoms with Gasteiger partial charge in [-0.3, -0.25) is 0 Å². The van der Waals surface area contributed by atoms with Crippen molar-refractivity contribution in [3.8, 4) is 0 Å². The predicted molar refractivity (Wildman–Crippen MR) is 53.5 cm³/mol. The quantitative estimate of drug-likeness (QED) is 0.825. The summed E-state index contributed by atoms with van der Waals surface area (Å²) >= 11 is 0. The van der Waals surface area contributed by atoms with E-state index in [4.69, 9.17) is 13.9 Å². The lowest BCUT2D eigenvalue weighted by molar-refractivity contribution is -0.159. The first-order valence-electron chi connectivity index (χ1n) is 5.13. The van der Waals surface area contributed by atoms with Crippen LogP contribution in [0.5, 0.6) is 0 Å². The molecular weight excluding hydrogens is 196 g/mol. The lowest BCUT2D eigenvalue weighted by Crippen LogP contribution is -2.43. The fourth-order valence-electron chi connectivity index (χ4n) is 2.01. The Hall–Kier alpha value is -0.840. The summed E-state index contributed by atoms with van der Waals surface area (Å²) in [7, 11) is 1.62. The molecule has 1 saturated heterocycles. The van der Waals surface area contributed by atoms with Crippen molar-refractivity contribution >= 4 is 0 Å². The molecule has 84 valence electrons. The number of ether oxygens (including phenoxy) is 2. The van der Waals surface area contributed by atoms with E-state index in [2.05, 4.69) is 0 Å². The van der Waals surface area contributed by atoms with E-state index in [9.17, 15) is 5.11 Å². The van der Waals surface area contributed by atoms with Crippen LogP contribution in [0.3, 0.4) is 0 Å². The number of rotatable bonds is 3. The van der Waals surface area contributed by atoms with Gasteiger partial charge in [0.1, 0.15) is 17.5 Å². The van der Waals surface area contributed by atoms with Gasteiger partial charge in [-0.1, -0.05) is 0 Å². The molecule has 2 rings (SSSR count). The van der Waals surface area contributed by atoms with Crippen molar-refractivity contribution in [2.75, 3.05) is 20.3 Å². The molecule has 1 unspecified atom stereocenters. The van der Waals surface area contributed by atoms with Crippen LogP contribution in [-0.4, -0.2) is 31.0 Å². The fourth-order valence-corrected chi connectivity index (χ4v) is 2.01. The van der Waals surface area contributed by atoms with E-state index in [1.165, 1.54) is 0 Å². The highest BCUT2D eigenvalue weighted by atomic mass is 16.5. The Kier molecular flexibility index (Phi) is 3.09. The van der Waals surface area contributed by atoms with Gasteiger partial charge in [0.25, 0.3) is 0 Å². The number of aliphatic hydroxyl groups is 1. The fraction of sp³-hybridized carbons (Fsp3) is 0.636. The Labute approximate surface area is 88.8 Å². The number of aliphatic hydroxyl groups excluding tert-OH is 1. The summed E-state index contributed by atoms with van der Waals surface area (Å²) in [5.41, 5.74) is -0.559. The van der Waals surface area contributed by atoms with Gasteiger partial charge in [-0.2, -0.15) is 0 Å². The highest BCUT2D eigenvalue weighted by Gasteiger charge is 2.41. The van der Waals surface area contributed by atoms with E-state index in [1.54, 1.807) is 25.5 Å². The van der Waals surface area contributed by atoms with Gasteiger partial charge in [0, 0.05) is 33.2 Å². The minimum absolute atomic E-state index is 0.554. The maximum absolute atomic E-state index is 10.2. The lowest BCUT2D eigenvalue weighted by Gasteiger charge is -2.38. The van der Waals surface area contributed by atoms with Gasteiger partial charge in [-0.05, 0) is 12.1 Å². The molecule has 0 amide bonds. The molecule has 4 nitrogen and oxygen atoms in total. The molecule has 0 aromatic carbocycles. The van der Waals surface area contributed by atoms with Gasteiger partial charge in [0.05, 0.1) is 6.26 Å². The molecule has 0 radical (unpaired) electrons. The predicted octanol–water partition coefficient (Wildman–Crippen LogP) is 1.51. The van der Waals surface area contributed by atoms with Crippen molar-refractivity contribution in [3.63, 3.8) is 0 Å². The van der Waals surface area contributed by atoms with E-state index in [0.717, 1.165) is 0 Å². The van der Waals surface area contributed by atoms with E-state index < -0.39 is 11.7 Å². The first-order chi connectivity index (χ1) is 7.28. The van der Waals surface area contributed by atoms with Gasteiger partial charge in [-0.25, -0.2) is 0 Å². The third-order valence-electron chi connectivity index (χ3n) is 3.06. The Morgan fingerprint density at radius 3 is 2.73 bits per heavy atom. The maximum atomic E-state index is 10.2. The van der Waals surface area contributed by atoms with E-state index in [-0.39, 0.29) is 0 Å². The summed E-state index contributed by atoms with van der Waals surface area (Å²) in [6.07, 6.45) is 2.21. The summed E-state index contributed by atoms with van der Waals surface area (Å²) in [5, 5.41) is 10.2. The van der Waals surface area contributed by atoms with Crippen molar-refractivity contribution in [2.45, 2.75) is 24.5 Å². The van der Waals surface area contributed by atoms with Crippen molar-refractivity contribution in [1.29, 1.82) is 0 Å². The molecule has 4 heteroatoms. The second-order valence-corrected chi connectivity index (χ2v) is 3.80. The van der Waals surface area contributed by atoms with Crippen LogP contribution in [0, 0.1) is 0 Å². The summed E-state index contributed by atoms with van der Waals surface area (Å²) in [4.78, 5) is 0. The molecule has 2 heterocycles. The lowest BCUT2D eigenvalue weighted by atomic mass is 9.86. The third-order valence-corrected chi connectivity index (χ3v) is 3.06. The second kappa shape index (κ2) is 4.35. The number of hydrogen-bond acceptors (Lipinski definition) is 4. The second-order valence-electron chi connectivity index (χ2n) is 3.80. The largest absolute Gasteiger partial charge is 0.466 e. The molecule has 1 N–H and O–H groups in total. The minimum atomic E-state index is -0.721. The zero-order chi connectivity index (χ0) is 10.7. The van der Waals surface area contributed by atoms with Crippen molar-refractivity contribution in [2.24, 2.45) is 0 Å². The highest BCUT2D eigenvalue weighted by Crippen LogP contribution is 2.37. The SMILES string of the molecule is COC1(C(O)c2ccco2)CCOCC1. The van der Waals surface area contributed by atoms with E-state index in [0.29, 0.717) is 31.8 Å². The topological polar surface area (TPSA) is 51.8 Å². The van der Waals surface area contributed by atoms with Crippen LogP contribution in [-0.2, 0) is 9.47 Å². The molecule has 1 aromatic heterocycles. The zero-order valence-electron chi connectivity index (χ0n) is 8.81. The van der Waals surface area contributed by atoms with Gasteiger partial charge in [0.15, 0.2) is 0 Å². The molecule has 1 fully saturated rings. The normalized spacial score (nSPS) is 22.5. The van der Waals surface area contributed by atoms with Crippen LogP contribution in [0.25, 0.3) is 0 Å². The van der Waals surface area contributed by atoms with Gasteiger partial charge < -0.3 is 19.0 Å². The number of furan rings is 1. The molecule has 1 atom stereocenters. The van der Waals surface area contributed by atoms with Crippen molar-refractivity contribution in [3.05, 3.63) is 24.2 Å². The molecule has 15 heavy (non-hydrogen) atoms. The average molecular weight is 212 g/mol. The van der Waals surface area contributed by atoms with Gasteiger partial charge >= 0.3 is 0 Å². The number of methoxy groups -OCH3 is 1. The zero-order valence-corrected chi connectivity index (χ0v) is 8.81. The van der Waals surface area contributed by atoms with Crippen LogP contribution < -0.4 is 0 Å². The third kappa shape index (κ3) is 1.93. The van der Waals surface area contributed by atoms with Gasteiger partial charge in [-0.15, -0.1) is 0 Å². The highest BCUT2D eigenvalue weighted by molar-refractivity contribution is 5.08. The van der Waals surface area contributed by atoms with Crippen molar-refractivity contribution in [1.82, 2.24) is 0 Å². The van der Waals surface area contributed by atoms with Crippen LogP contribution in [0.1, 0.15) is 24.7 Å². The van der Waals surface area contributed by atoms with Crippen LogP contribution >= 0.6 is 0 Å². The molecule has 0 bridgehead atoms. The first-order valence-corrected chi connectivity index (χ1v) is 5.13. The molecule has 1 aromatic rings. The molecule has 0 aliphatic carbocycles. The molecule has 0 saturated carbocycles. The van der Waals surface area contributed by atoms with Crippen LogP contribution in [0.4, 0.5) is 0 Å². The molecule has 1 aliphatic heterocycles. The molecular formula is C11H16O4. The smallest absolute Gasteiger partial charge is 0.141 e. The average Bonchev–Trinajstić information content (AvgIpc) is 2.82. The van der Waals surface area contributed by atoms with E-state index >= 15 is 0 Å². The van der Waals surface area contributed by atoms with Crippen LogP contribution in [0.15, 0.2) is 22.8 Å².